The topological polar surface area (TPSA) is 102 Å². The maximum atomic E-state index is 14.7. The third kappa shape index (κ3) is 6.72. The number of benzene rings is 4. The molecule has 2 heterocycles. The van der Waals surface area contributed by atoms with Crippen LogP contribution in [0.1, 0.15) is 48.9 Å². The van der Waals surface area contributed by atoms with E-state index in [-0.39, 0.29) is 22.0 Å². The smallest absolute Gasteiger partial charge is 0.301 e. The Kier molecular flexibility index (Phi) is 9.84. The minimum absolute atomic E-state index is 0.0181. The van der Waals surface area contributed by atoms with Crippen molar-refractivity contribution in [1.29, 1.82) is 0 Å². The standard InChI is InChI=1S/C36H32FN3O5S2/c1-3-4-7-19-45-26-16-13-23(14-17-26)31-30(32(41)24-15-18-29(44-2)28(37)20-24)33(42)34(43)40(31)35-38-39-36(47-35)46-21-25-11-8-10-22-9-5-6-12-27(22)25/h5-6,8-18,20,31,41H,3-4,7,19,21H2,1-2H3/b32-30+. The first-order chi connectivity index (χ1) is 22.9. The highest BCUT2D eigenvalue weighted by molar-refractivity contribution is 8.00. The highest BCUT2D eigenvalue weighted by atomic mass is 32.2. The maximum Gasteiger partial charge on any atom is 0.301 e. The number of aromatic nitrogens is 2. The number of Topliss-reactive ketones (excluding diaryl/α,β-unsaturated/α-hetero) is 1. The van der Waals surface area contributed by atoms with Crippen LogP contribution in [0.25, 0.3) is 16.5 Å². The van der Waals surface area contributed by atoms with Crippen molar-refractivity contribution in [3.63, 3.8) is 0 Å². The number of fused-ring (bicyclic) bond motifs is 1. The fraction of sp³-hybridized carbons (Fsp3) is 0.222. The van der Waals surface area contributed by atoms with Gasteiger partial charge in [0.05, 0.1) is 25.3 Å². The van der Waals surface area contributed by atoms with E-state index in [2.05, 4.69) is 41.4 Å². The summed E-state index contributed by atoms with van der Waals surface area (Å²) in [5.41, 5.74) is 1.52. The Labute approximate surface area is 279 Å². The predicted molar refractivity (Wildman–Crippen MR) is 183 cm³/mol. The summed E-state index contributed by atoms with van der Waals surface area (Å²) in [7, 11) is 1.33. The summed E-state index contributed by atoms with van der Waals surface area (Å²) in [4.78, 5) is 28.5. The molecule has 4 aromatic carbocycles. The molecule has 1 fully saturated rings. The van der Waals surface area contributed by atoms with Crippen LogP contribution in [0.4, 0.5) is 9.52 Å². The quantitative estimate of drug-likeness (QED) is 0.0353. The molecule has 11 heteroatoms. The van der Waals surface area contributed by atoms with Crippen molar-refractivity contribution in [3.8, 4) is 11.5 Å². The summed E-state index contributed by atoms with van der Waals surface area (Å²) in [6.45, 7) is 2.69. The van der Waals surface area contributed by atoms with Crippen molar-refractivity contribution < 1.29 is 28.6 Å². The van der Waals surface area contributed by atoms with Gasteiger partial charge in [0, 0.05) is 11.3 Å². The van der Waals surface area contributed by atoms with Gasteiger partial charge in [-0.05, 0) is 58.7 Å². The molecule has 1 N–H and O–H groups in total. The van der Waals surface area contributed by atoms with Gasteiger partial charge in [0.2, 0.25) is 5.13 Å². The number of aliphatic hydroxyl groups excluding tert-OH is 1. The fourth-order valence-corrected chi connectivity index (χ4v) is 7.39. The van der Waals surface area contributed by atoms with Crippen LogP contribution in [0, 0.1) is 5.82 Å². The number of halogens is 1. The summed E-state index contributed by atoms with van der Waals surface area (Å²) >= 11 is 2.66. The molecule has 1 saturated heterocycles. The van der Waals surface area contributed by atoms with Crippen LogP contribution in [-0.4, -0.2) is 40.7 Å². The first-order valence-corrected chi connectivity index (χ1v) is 17.0. The number of methoxy groups -OCH3 is 1. The highest BCUT2D eigenvalue weighted by Gasteiger charge is 2.48. The molecule has 8 nitrogen and oxygen atoms in total. The van der Waals surface area contributed by atoms with Gasteiger partial charge < -0.3 is 14.6 Å². The number of anilines is 1. The number of ether oxygens (including phenoxy) is 2. The summed E-state index contributed by atoms with van der Waals surface area (Å²) in [6.07, 6.45) is 3.06. The minimum Gasteiger partial charge on any atom is -0.507 e. The van der Waals surface area contributed by atoms with E-state index < -0.39 is 29.3 Å². The Morgan fingerprint density at radius 1 is 1.00 bits per heavy atom. The Morgan fingerprint density at radius 2 is 1.79 bits per heavy atom. The van der Waals surface area contributed by atoms with E-state index in [0.717, 1.165) is 41.7 Å². The number of nitrogens with zero attached hydrogens (tertiary/aromatic N) is 3. The second-order valence-electron chi connectivity index (χ2n) is 10.9. The SMILES string of the molecule is CCCCCOc1ccc(C2/C(=C(\O)c3ccc(OC)c(F)c3)C(=O)C(=O)N2c2nnc(SCc3cccc4ccccc34)s2)cc1. The molecule has 1 aromatic heterocycles. The van der Waals surface area contributed by atoms with Crippen molar-refractivity contribution >= 4 is 56.5 Å². The zero-order valence-corrected chi connectivity index (χ0v) is 27.4. The average molecular weight is 670 g/mol. The molecule has 0 aliphatic carbocycles. The summed E-state index contributed by atoms with van der Waals surface area (Å²) in [5.74, 6) is -1.76. The number of thioether (sulfide) groups is 1. The van der Waals surface area contributed by atoms with E-state index in [1.165, 1.54) is 47.2 Å². The molecule has 1 unspecified atom stereocenters. The number of hydrogen-bond acceptors (Lipinski definition) is 9. The first-order valence-electron chi connectivity index (χ1n) is 15.2. The van der Waals surface area contributed by atoms with Crippen molar-refractivity contribution in [3.05, 3.63) is 113 Å². The van der Waals surface area contributed by atoms with E-state index in [1.807, 2.05) is 18.2 Å². The van der Waals surface area contributed by atoms with Gasteiger partial charge in [0.15, 0.2) is 15.9 Å². The van der Waals surface area contributed by atoms with Crippen LogP contribution >= 0.6 is 23.1 Å². The Balaban J connectivity index is 1.34. The van der Waals surface area contributed by atoms with Crippen molar-refractivity contribution in [2.45, 2.75) is 42.3 Å². The van der Waals surface area contributed by atoms with E-state index in [4.69, 9.17) is 9.47 Å². The Bertz CT molecular complexity index is 1950. The number of rotatable bonds is 12. The Hall–Kier alpha value is -4.74. The van der Waals surface area contributed by atoms with Gasteiger partial charge in [0.25, 0.3) is 5.78 Å². The molecule has 1 aliphatic heterocycles. The van der Waals surface area contributed by atoms with E-state index in [9.17, 15) is 19.1 Å². The molecule has 1 atom stereocenters. The fourth-order valence-electron chi connectivity index (χ4n) is 5.52. The van der Waals surface area contributed by atoms with E-state index >= 15 is 0 Å². The van der Waals surface area contributed by atoms with Crippen LogP contribution in [0.2, 0.25) is 0 Å². The second kappa shape index (κ2) is 14.4. The van der Waals surface area contributed by atoms with Gasteiger partial charge in [-0.25, -0.2) is 4.39 Å². The van der Waals surface area contributed by atoms with Crippen LogP contribution in [0.3, 0.4) is 0 Å². The molecule has 240 valence electrons. The highest BCUT2D eigenvalue weighted by Crippen LogP contribution is 2.44. The molecular weight excluding hydrogens is 638 g/mol. The lowest BCUT2D eigenvalue weighted by Crippen LogP contribution is -2.29. The second-order valence-corrected chi connectivity index (χ2v) is 13.1. The molecule has 0 bridgehead atoms. The number of aliphatic hydroxyl groups is 1. The number of amides is 1. The third-order valence-corrected chi connectivity index (χ3v) is 10.0. The van der Waals surface area contributed by atoms with Gasteiger partial charge in [-0.1, -0.05) is 97.5 Å². The lowest BCUT2D eigenvalue weighted by atomic mass is 9.95. The predicted octanol–water partition coefficient (Wildman–Crippen LogP) is 8.33. The van der Waals surface area contributed by atoms with Gasteiger partial charge >= 0.3 is 5.91 Å². The number of unbranched alkanes of at least 4 members (excludes halogenated alkanes) is 2. The van der Waals surface area contributed by atoms with Crippen molar-refractivity contribution in [1.82, 2.24) is 10.2 Å². The third-order valence-electron chi connectivity index (χ3n) is 7.92. The lowest BCUT2D eigenvalue weighted by Gasteiger charge is -2.22. The average Bonchev–Trinajstić information content (AvgIpc) is 3.67. The van der Waals surface area contributed by atoms with Crippen LogP contribution in [0.5, 0.6) is 11.5 Å². The molecule has 0 radical (unpaired) electrons. The summed E-state index contributed by atoms with van der Waals surface area (Å²) in [6, 6.07) is 24.1. The largest absolute Gasteiger partial charge is 0.507 e. The first kappa shape index (κ1) is 32.2. The Morgan fingerprint density at radius 3 is 2.55 bits per heavy atom. The van der Waals surface area contributed by atoms with Gasteiger partial charge in [-0.2, -0.15) is 0 Å². The van der Waals surface area contributed by atoms with Crippen LogP contribution in [-0.2, 0) is 15.3 Å². The molecular formula is C36H32FN3O5S2. The molecule has 0 saturated carbocycles. The van der Waals surface area contributed by atoms with Crippen LogP contribution < -0.4 is 14.4 Å². The monoisotopic (exact) mass is 669 g/mol. The van der Waals surface area contributed by atoms with Crippen molar-refractivity contribution in [2.75, 3.05) is 18.6 Å². The number of hydrogen-bond donors (Lipinski definition) is 1. The minimum atomic E-state index is -1.04. The molecule has 6 rings (SSSR count). The van der Waals surface area contributed by atoms with Gasteiger partial charge in [-0.3, -0.25) is 14.5 Å². The summed E-state index contributed by atoms with van der Waals surface area (Å²) in [5, 5.41) is 22.6. The van der Waals surface area contributed by atoms with Gasteiger partial charge in [0.1, 0.15) is 11.5 Å². The molecule has 0 spiro atoms. The van der Waals surface area contributed by atoms with Crippen molar-refractivity contribution in [2.24, 2.45) is 0 Å². The van der Waals surface area contributed by atoms with Gasteiger partial charge in [-0.15, -0.1) is 10.2 Å². The zero-order chi connectivity index (χ0) is 32.9. The van der Waals surface area contributed by atoms with Crippen LogP contribution in [0.15, 0.2) is 94.8 Å². The summed E-state index contributed by atoms with van der Waals surface area (Å²) < 4.78 is 26.1. The molecule has 47 heavy (non-hydrogen) atoms. The number of ketones is 1. The molecule has 1 aliphatic rings. The number of carbonyl (C=O) groups excluding carboxylic acids is 2. The van der Waals surface area contributed by atoms with E-state index in [1.54, 1.807) is 24.3 Å². The lowest BCUT2D eigenvalue weighted by molar-refractivity contribution is -0.132. The maximum absolute atomic E-state index is 14.7. The number of carbonyl (C=O) groups is 2. The zero-order valence-electron chi connectivity index (χ0n) is 25.8. The molecule has 5 aromatic rings. The molecule has 1 amide bonds. The van der Waals surface area contributed by atoms with E-state index in [0.29, 0.717) is 28.0 Å². The normalized spacial score (nSPS) is 15.8.